The Kier molecular flexibility index (Phi) is 6.16. The fraction of sp³-hybridized carbons (Fsp3) is 0.222. The molecule has 0 aliphatic heterocycles. The molecule has 0 spiro atoms. The fourth-order valence-corrected chi connectivity index (χ4v) is 2.06. The smallest absolute Gasteiger partial charge is 0.225 e. The van der Waals surface area contributed by atoms with Crippen LogP contribution in [0.5, 0.6) is 0 Å². The van der Waals surface area contributed by atoms with Crippen molar-refractivity contribution < 1.29 is 4.79 Å². The Labute approximate surface area is 130 Å². The molecule has 112 valence electrons. The van der Waals surface area contributed by atoms with Gasteiger partial charge in [-0.05, 0) is 42.8 Å². The van der Waals surface area contributed by atoms with Crippen molar-refractivity contribution in [2.24, 2.45) is 0 Å². The molecule has 0 saturated carbocycles. The second-order valence-corrected chi connectivity index (χ2v) is 4.97. The average molecular weight is 293 g/mol. The molecule has 0 aliphatic carbocycles. The van der Waals surface area contributed by atoms with E-state index in [9.17, 15) is 4.79 Å². The molecule has 0 atom stereocenters. The van der Waals surface area contributed by atoms with Crippen molar-refractivity contribution in [1.29, 1.82) is 5.26 Å². The third-order valence-electron chi connectivity index (χ3n) is 3.26. The summed E-state index contributed by atoms with van der Waals surface area (Å²) in [6.45, 7) is 1.50. The minimum atomic E-state index is -0.0306. The zero-order valence-corrected chi connectivity index (χ0v) is 12.4. The minimum absolute atomic E-state index is 0.0306. The lowest BCUT2D eigenvalue weighted by Crippen LogP contribution is -2.23. The lowest BCUT2D eigenvalue weighted by Gasteiger charge is -2.07. The Morgan fingerprint density at radius 3 is 2.41 bits per heavy atom. The van der Waals surface area contributed by atoms with Gasteiger partial charge >= 0.3 is 0 Å². The highest BCUT2D eigenvalue weighted by Crippen LogP contribution is 2.08. The van der Waals surface area contributed by atoms with Crippen molar-refractivity contribution in [3.05, 3.63) is 65.7 Å². The Bertz CT molecular complexity index is 630. The average Bonchev–Trinajstić information content (AvgIpc) is 2.56. The van der Waals surface area contributed by atoms with Gasteiger partial charge in [-0.2, -0.15) is 5.26 Å². The van der Waals surface area contributed by atoms with Crippen LogP contribution in [-0.4, -0.2) is 19.0 Å². The Morgan fingerprint density at radius 2 is 1.73 bits per heavy atom. The SMILES string of the molecule is N#Cc1ccc(NC(=O)CCNCCc2ccccc2)cc1. The van der Waals surface area contributed by atoms with Gasteiger partial charge in [-0.3, -0.25) is 4.79 Å². The van der Waals surface area contributed by atoms with Crippen LogP contribution in [-0.2, 0) is 11.2 Å². The molecule has 0 radical (unpaired) electrons. The van der Waals surface area contributed by atoms with Gasteiger partial charge in [0.05, 0.1) is 11.6 Å². The highest BCUT2D eigenvalue weighted by molar-refractivity contribution is 5.90. The number of hydrogen-bond donors (Lipinski definition) is 2. The van der Waals surface area contributed by atoms with Crippen LogP contribution in [0.3, 0.4) is 0 Å². The van der Waals surface area contributed by atoms with Crippen LogP contribution < -0.4 is 10.6 Å². The molecule has 0 heterocycles. The summed E-state index contributed by atoms with van der Waals surface area (Å²) < 4.78 is 0. The number of amides is 1. The number of benzene rings is 2. The zero-order valence-electron chi connectivity index (χ0n) is 12.4. The second kappa shape index (κ2) is 8.60. The molecule has 1 amide bonds. The molecule has 0 fully saturated rings. The Hall–Kier alpha value is -2.64. The maximum absolute atomic E-state index is 11.8. The maximum Gasteiger partial charge on any atom is 0.225 e. The van der Waals surface area contributed by atoms with Gasteiger partial charge in [-0.15, -0.1) is 0 Å². The number of nitrogens with zero attached hydrogens (tertiary/aromatic N) is 1. The normalized spacial score (nSPS) is 9.95. The topological polar surface area (TPSA) is 64.9 Å². The number of nitriles is 1. The summed E-state index contributed by atoms with van der Waals surface area (Å²) >= 11 is 0. The van der Waals surface area contributed by atoms with E-state index in [1.165, 1.54) is 5.56 Å². The summed E-state index contributed by atoms with van der Waals surface area (Å²) in [6, 6.07) is 19.1. The van der Waals surface area contributed by atoms with Gasteiger partial charge in [-0.1, -0.05) is 30.3 Å². The molecule has 0 bridgehead atoms. The van der Waals surface area contributed by atoms with Crippen LogP contribution in [0.2, 0.25) is 0 Å². The van der Waals surface area contributed by atoms with Crippen molar-refractivity contribution >= 4 is 11.6 Å². The molecule has 2 aromatic rings. The lowest BCUT2D eigenvalue weighted by atomic mass is 10.1. The van der Waals surface area contributed by atoms with E-state index < -0.39 is 0 Å². The van der Waals surface area contributed by atoms with E-state index in [1.807, 2.05) is 24.3 Å². The molecule has 0 aromatic heterocycles. The van der Waals surface area contributed by atoms with Gasteiger partial charge in [0.1, 0.15) is 0 Å². The molecule has 2 aromatic carbocycles. The lowest BCUT2D eigenvalue weighted by molar-refractivity contribution is -0.116. The number of anilines is 1. The third-order valence-corrected chi connectivity index (χ3v) is 3.26. The second-order valence-electron chi connectivity index (χ2n) is 4.97. The van der Waals surface area contributed by atoms with Crippen molar-refractivity contribution in [3.8, 4) is 6.07 Å². The number of hydrogen-bond acceptors (Lipinski definition) is 3. The van der Waals surface area contributed by atoms with Gasteiger partial charge in [0.25, 0.3) is 0 Å². The third kappa shape index (κ3) is 5.39. The number of carbonyl (C=O) groups excluding carboxylic acids is 1. The van der Waals surface area contributed by atoms with Gasteiger partial charge in [0.2, 0.25) is 5.91 Å². The van der Waals surface area contributed by atoms with Crippen LogP contribution in [0.4, 0.5) is 5.69 Å². The number of nitrogens with one attached hydrogen (secondary N) is 2. The first-order chi connectivity index (χ1) is 10.8. The summed E-state index contributed by atoms with van der Waals surface area (Å²) in [6.07, 6.45) is 1.38. The molecule has 22 heavy (non-hydrogen) atoms. The van der Waals surface area contributed by atoms with Gasteiger partial charge < -0.3 is 10.6 Å². The first-order valence-electron chi connectivity index (χ1n) is 7.32. The van der Waals surface area contributed by atoms with Gasteiger partial charge in [0.15, 0.2) is 0 Å². The van der Waals surface area contributed by atoms with Crippen molar-refractivity contribution in [1.82, 2.24) is 5.32 Å². The summed E-state index contributed by atoms with van der Waals surface area (Å²) in [5.41, 5.74) is 2.59. The molecule has 2 rings (SSSR count). The maximum atomic E-state index is 11.8. The predicted octanol–water partition coefficient (Wildman–Crippen LogP) is 2.72. The standard InChI is InChI=1S/C18H19N3O/c19-14-16-6-8-17(9-7-16)21-18(22)11-13-20-12-10-15-4-2-1-3-5-15/h1-9,20H,10-13H2,(H,21,22). The molecular weight excluding hydrogens is 274 g/mol. The molecule has 4 heteroatoms. The number of carbonyl (C=O) groups is 1. The summed E-state index contributed by atoms with van der Waals surface area (Å²) in [7, 11) is 0. The van der Waals surface area contributed by atoms with E-state index in [2.05, 4.69) is 22.8 Å². The van der Waals surface area contributed by atoms with Crippen LogP contribution >= 0.6 is 0 Å². The molecular formula is C18H19N3O. The molecule has 0 saturated heterocycles. The van der Waals surface area contributed by atoms with Crippen LogP contribution in [0.25, 0.3) is 0 Å². The quantitative estimate of drug-likeness (QED) is 0.771. The first-order valence-corrected chi connectivity index (χ1v) is 7.32. The zero-order chi connectivity index (χ0) is 15.6. The monoisotopic (exact) mass is 293 g/mol. The summed E-state index contributed by atoms with van der Waals surface area (Å²) in [5, 5.41) is 14.8. The van der Waals surface area contributed by atoms with Crippen LogP contribution in [0, 0.1) is 11.3 Å². The van der Waals surface area contributed by atoms with Crippen LogP contribution in [0.1, 0.15) is 17.5 Å². The predicted molar refractivity (Wildman–Crippen MR) is 87.4 cm³/mol. The van der Waals surface area contributed by atoms with E-state index in [0.717, 1.165) is 13.0 Å². The van der Waals surface area contributed by atoms with E-state index in [1.54, 1.807) is 24.3 Å². The number of rotatable bonds is 7. The largest absolute Gasteiger partial charge is 0.326 e. The van der Waals surface area contributed by atoms with E-state index in [-0.39, 0.29) is 5.91 Å². The van der Waals surface area contributed by atoms with Crippen molar-refractivity contribution in [2.45, 2.75) is 12.8 Å². The fourth-order valence-electron chi connectivity index (χ4n) is 2.06. The van der Waals surface area contributed by atoms with E-state index >= 15 is 0 Å². The summed E-state index contributed by atoms with van der Waals surface area (Å²) in [4.78, 5) is 11.8. The van der Waals surface area contributed by atoms with Gasteiger partial charge in [-0.25, -0.2) is 0 Å². The van der Waals surface area contributed by atoms with Crippen molar-refractivity contribution in [2.75, 3.05) is 18.4 Å². The Morgan fingerprint density at radius 1 is 1.00 bits per heavy atom. The molecule has 2 N–H and O–H groups in total. The molecule has 0 aliphatic rings. The highest BCUT2D eigenvalue weighted by Gasteiger charge is 2.02. The minimum Gasteiger partial charge on any atom is -0.326 e. The highest BCUT2D eigenvalue weighted by atomic mass is 16.1. The first kappa shape index (κ1) is 15.7. The summed E-state index contributed by atoms with van der Waals surface area (Å²) in [5.74, 6) is -0.0306. The molecule has 4 nitrogen and oxygen atoms in total. The van der Waals surface area contributed by atoms with Crippen molar-refractivity contribution in [3.63, 3.8) is 0 Å². The van der Waals surface area contributed by atoms with E-state index in [0.29, 0.717) is 24.2 Å². The van der Waals surface area contributed by atoms with Crippen LogP contribution in [0.15, 0.2) is 54.6 Å². The van der Waals surface area contributed by atoms with Gasteiger partial charge in [0, 0.05) is 18.7 Å². The van der Waals surface area contributed by atoms with E-state index in [4.69, 9.17) is 5.26 Å². The molecule has 0 unspecified atom stereocenters. The Balaban J connectivity index is 1.62.